The number of amides is 1. The Hall–Kier alpha value is -2.16. The van der Waals surface area contributed by atoms with Gasteiger partial charge in [-0.2, -0.15) is 0 Å². The smallest absolute Gasteiger partial charge is 0.230 e. The molecule has 0 saturated heterocycles. The highest BCUT2D eigenvalue weighted by Crippen LogP contribution is 2.23. The van der Waals surface area contributed by atoms with Crippen LogP contribution in [0.3, 0.4) is 0 Å². The molecule has 1 amide bonds. The molecule has 27 heavy (non-hydrogen) atoms. The summed E-state index contributed by atoms with van der Waals surface area (Å²) in [4.78, 5) is 12.0. The summed E-state index contributed by atoms with van der Waals surface area (Å²) in [6.07, 6.45) is 0. The summed E-state index contributed by atoms with van der Waals surface area (Å²) in [6, 6.07) is 17.6. The molecule has 0 aliphatic heterocycles. The highest BCUT2D eigenvalue weighted by atomic mass is 32.2. The van der Waals surface area contributed by atoms with E-state index < -0.39 is 0 Å². The SMILES string of the molecule is Cc1cccc(OCCNC(=O)CSc2nn(-c3ccccc3)c(=S)s2)c1. The van der Waals surface area contributed by atoms with Crippen LogP contribution in [0.2, 0.25) is 0 Å². The van der Waals surface area contributed by atoms with E-state index >= 15 is 0 Å². The maximum Gasteiger partial charge on any atom is 0.230 e. The van der Waals surface area contributed by atoms with Crippen LogP contribution in [0.5, 0.6) is 5.75 Å². The average Bonchev–Trinajstić information content (AvgIpc) is 3.05. The first-order valence-electron chi connectivity index (χ1n) is 8.36. The molecule has 0 unspecified atom stereocenters. The second-order valence-electron chi connectivity index (χ2n) is 5.68. The van der Waals surface area contributed by atoms with E-state index in [4.69, 9.17) is 17.0 Å². The van der Waals surface area contributed by atoms with Gasteiger partial charge >= 0.3 is 0 Å². The molecule has 0 bridgehead atoms. The number of nitrogens with zero attached hydrogens (tertiary/aromatic N) is 2. The molecular formula is C19H19N3O2S3. The van der Waals surface area contributed by atoms with Crippen molar-refractivity contribution in [2.75, 3.05) is 18.9 Å². The molecule has 3 aromatic rings. The van der Waals surface area contributed by atoms with E-state index in [1.807, 2.05) is 61.5 Å². The van der Waals surface area contributed by atoms with Crippen molar-refractivity contribution in [1.29, 1.82) is 0 Å². The zero-order chi connectivity index (χ0) is 19.1. The normalized spacial score (nSPS) is 10.6. The number of rotatable bonds is 8. The second kappa shape index (κ2) is 9.68. The van der Waals surface area contributed by atoms with Gasteiger partial charge in [0.05, 0.1) is 18.0 Å². The number of benzene rings is 2. The van der Waals surface area contributed by atoms with E-state index in [1.165, 1.54) is 23.1 Å². The van der Waals surface area contributed by atoms with Gasteiger partial charge in [-0.3, -0.25) is 4.79 Å². The lowest BCUT2D eigenvalue weighted by molar-refractivity contribution is -0.118. The first-order valence-corrected chi connectivity index (χ1v) is 10.6. The third kappa shape index (κ3) is 5.92. The number of thioether (sulfide) groups is 1. The van der Waals surface area contributed by atoms with Crippen LogP contribution in [0.15, 0.2) is 58.9 Å². The first kappa shape index (κ1) is 19.6. The van der Waals surface area contributed by atoms with Gasteiger partial charge in [0.15, 0.2) is 8.29 Å². The minimum Gasteiger partial charge on any atom is -0.492 e. The van der Waals surface area contributed by atoms with Crippen LogP contribution in [0.1, 0.15) is 5.56 Å². The Morgan fingerprint density at radius 2 is 2.07 bits per heavy atom. The van der Waals surface area contributed by atoms with Gasteiger partial charge < -0.3 is 10.1 Å². The van der Waals surface area contributed by atoms with Crippen molar-refractivity contribution >= 4 is 41.2 Å². The second-order valence-corrected chi connectivity index (χ2v) is 8.53. The molecule has 8 heteroatoms. The van der Waals surface area contributed by atoms with Gasteiger partial charge in [0.25, 0.3) is 0 Å². The topological polar surface area (TPSA) is 56.1 Å². The maximum absolute atomic E-state index is 12.0. The molecule has 1 heterocycles. The number of hydrogen-bond donors (Lipinski definition) is 1. The summed E-state index contributed by atoms with van der Waals surface area (Å²) in [6.45, 7) is 2.91. The predicted molar refractivity (Wildman–Crippen MR) is 113 cm³/mol. The minimum absolute atomic E-state index is 0.0554. The lowest BCUT2D eigenvalue weighted by atomic mass is 10.2. The van der Waals surface area contributed by atoms with Gasteiger partial charge in [0.1, 0.15) is 12.4 Å². The van der Waals surface area contributed by atoms with Crippen LogP contribution in [0.25, 0.3) is 5.69 Å². The molecule has 1 N–H and O–H groups in total. The monoisotopic (exact) mass is 417 g/mol. The zero-order valence-electron chi connectivity index (χ0n) is 14.8. The van der Waals surface area contributed by atoms with Crippen molar-refractivity contribution in [1.82, 2.24) is 15.1 Å². The molecule has 3 rings (SSSR count). The van der Waals surface area contributed by atoms with Gasteiger partial charge in [-0.25, -0.2) is 4.68 Å². The van der Waals surface area contributed by atoms with Crippen molar-refractivity contribution < 1.29 is 9.53 Å². The molecule has 2 aromatic carbocycles. The number of aryl methyl sites for hydroxylation is 1. The van der Waals surface area contributed by atoms with Gasteiger partial charge in [-0.1, -0.05) is 53.4 Å². The van der Waals surface area contributed by atoms with Crippen LogP contribution in [0.4, 0.5) is 0 Å². The van der Waals surface area contributed by atoms with Crippen molar-refractivity contribution in [3.05, 3.63) is 64.1 Å². The quantitative estimate of drug-likeness (QED) is 0.337. The van der Waals surface area contributed by atoms with E-state index in [2.05, 4.69) is 10.4 Å². The van der Waals surface area contributed by atoms with Crippen molar-refractivity contribution in [3.63, 3.8) is 0 Å². The third-order valence-electron chi connectivity index (χ3n) is 3.54. The van der Waals surface area contributed by atoms with Gasteiger partial charge in [0.2, 0.25) is 5.91 Å². The Morgan fingerprint density at radius 3 is 2.85 bits per heavy atom. The fraction of sp³-hybridized carbons (Fsp3) is 0.211. The molecule has 5 nitrogen and oxygen atoms in total. The van der Waals surface area contributed by atoms with Crippen LogP contribution in [0, 0.1) is 10.9 Å². The molecular weight excluding hydrogens is 398 g/mol. The molecule has 0 aliphatic carbocycles. The standard InChI is InChI=1S/C19H19N3O2S3/c1-14-6-5-9-16(12-14)24-11-10-20-17(23)13-26-18-21-22(19(25)27-18)15-7-3-2-4-8-15/h2-9,12H,10-11,13H2,1H3,(H,20,23). The summed E-state index contributed by atoms with van der Waals surface area (Å²) in [5.41, 5.74) is 2.06. The Kier molecular flexibility index (Phi) is 7.03. The number of hydrogen-bond acceptors (Lipinski definition) is 6. The Balaban J connectivity index is 1.42. The zero-order valence-corrected chi connectivity index (χ0v) is 17.2. The number of ether oxygens (including phenoxy) is 1. The van der Waals surface area contributed by atoms with Crippen molar-refractivity contribution in [2.24, 2.45) is 0 Å². The number of nitrogens with one attached hydrogen (secondary N) is 1. The highest BCUT2D eigenvalue weighted by molar-refractivity contribution is 8.01. The molecule has 0 radical (unpaired) electrons. The van der Waals surface area contributed by atoms with Crippen molar-refractivity contribution in [2.45, 2.75) is 11.3 Å². The van der Waals surface area contributed by atoms with Gasteiger partial charge in [-0.05, 0) is 49.0 Å². The number of carbonyl (C=O) groups is 1. The van der Waals surface area contributed by atoms with E-state index in [-0.39, 0.29) is 5.91 Å². The highest BCUT2D eigenvalue weighted by Gasteiger charge is 2.09. The molecule has 140 valence electrons. The number of carbonyl (C=O) groups excluding carboxylic acids is 1. The fourth-order valence-electron chi connectivity index (χ4n) is 2.29. The summed E-state index contributed by atoms with van der Waals surface area (Å²) in [5.74, 6) is 1.05. The molecule has 0 spiro atoms. The van der Waals surface area contributed by atoms with Crippen LogP contribution in [-0.4, -0.2) is 34.6 Å². The van der Waals surface area contributed by atoms with Gasteiger partial charge in [-0.15, -0.1) is 5.10 Å². The Morgan fingerprint density at radius 1 is 1.26 bits per heavy atom. The summed E-state index contributed by atoms with van der Waals surface area (Å²) >= 11 is 8.15. The third-order valence-corrected chi connectivity index (χ3v) is 5.90. The fourth-order valence-corrected chi connectivity index (χ4v) is 4.49. The van der Waals surface area contributed by atoms with Crippen molar-refractivity contribution in [3.8, 4) is 11.4 Å². The lowest BCUT2D eigenvalue weighted by Crippen LogP contribution is -2.29. The summed E-state index contributed by atoms with van der Waals surface area (Å²) < 4.78 is 8.77. The van der Waals surface area contributed by atoms with Crippen LogP contribution < -0.4 is 10.1 Å². The Bertz CT molecular complexity index is 954. The number of aromatic nitrogens is 2. The van der Waals surface area contributed by atoms with Crippen LogP contribution >= 0.6 is 35.3 Å². The molecule has 0 saturated carbocycles. The molecule has 0 atom stereocenters. The van der Waals surface area contributed by atoms with Crippen LogP contribution in [-0.2, 0) is 4.79 Å². The van der Waals surface area contributed by atoms with Gasteiger partial charge in [0, 0.05) is 0 Å². The van der Waals surface area contributed by atoms with E-state index in [0.717, 1.165) is 21.3 Å². The predicted octanol–water partition coefficient (Wildman–Crippen LogP) is 4.26. The number of para-hydroxylation sites is 1. The van der Waals surface area contributed by atoms with E-state index in [9.17, 15) is 4.79 Å². The largest absolute Gasteiger partial charge is 0.492 e. The summed E-state index contributed by atoms with van der Waals surface area (Å²) in [7, 11) is 0. The molecule has 0 fully saturated rings. The van der Waals surface area contributed by atoms with E-state index in [1.54, 1.807) is 4.68 Å². The lowest BCUT2D eigenvalue weighted by Gasteiger charge is -2.07. The Labute approximate surface area is 171 Å². The average molecular weight is 418 g/mol. The molecule has 1 aromatic heterocycles. The van der Waals surface area contributed by atoms with E-state index in [0.29, 0.717) is 22.9 Å². The minimum atomic E-state index is -0.0554. The molecule has 0 aliphatic rings. The summed E-state index contributed by atoms with van der Waals surface area (Å²) in [5, 5.41) is 7.34. The first-order chi connectivity index (χ1) is 13.1. The maximum atomic E-state index is 12.0.